The van der Waals surface area contributed by atoms with Gasteiger partial charge in [-0.15, -0.1) is 0 Å². The standard InChI is InChI=1S/C6H6BrNO2/c1-5(7)3-4-6(2)8(9)10/h3-4H,1-2H2/b4-3-. The zero-order valence-electron chi connectivity index (χ0n) is 5.21. The highest BCUT2D eigenvalue weighted by molar-refractivity contribution is 9.11. The van der Waals surface area contributed by atoms with Gasteiger partial charge in [-0.2, -0.15) is 0 Å². The Hall–Kier alpha value is -0.900. The topological polar surface area (TPSA) is 43.1 Å². The van der Waals surface area contributed by atoms with Gasteiger partial charge in [0.15, 0.2) is 0 Å². The van der Waals surface area contributed by atoms with E-state index in [-0.39, 0.29) is 5.70 Å². The number of hydrogen-bond acceptors (Lipinski definition) is 2. The molecular weight excluding hydrogens is 198 g/mol. The fourth-order valence-electron chi connectivity index (χ4n) is 0.247. The quantitative estimate of drug-likeness (QED) is 0.402. The van der Waals surface area contributed by atoms with Crippen LogP contribution in [0.2, 0.25) is 0 Å². The molecule has 0 aromatic carbocycles. The molecule has 54 valence electrons. The highest BCUT2D eigenvalue weighted by Crippen LogP contribution is 2.04. The van der Waals surface area contributed by atoms with Gasteiger partial charge >= 0.3 is 0 Å². The minimum absolute atomic E-state index is 0.152. The maximum absolute atomic E-state index is 9.92. The van der Waals surface area contributed by atoms with Crippen molar-refractivity contribution in [1.82, 2.24) is 0 Å². The highest BCUT2D eigenvalue weighted by atomic mass is 79.9. The van der Waals surface area contributed by atoms with Crippen molar-refractivity contribution in [2.45, 2.75) is 0 Å². The van der Waals surface area contributed by atoms with Crippen LogP contribution in [0.3, 0.4) is 0 Å². The number of hydrogen-bond donors (Lipinski definition) is 0. The van der Waals surface area contributed by atoms with E-state index in [9.17, 15) is 10.1 Å². The number of halogens is 1. The van der Waals surface area contributed by atoms with Gasteiger partial charge in [-0.1, -0.05) is 22.5 Å². The lowest BCUT2D eigenvalue weighted by Gasteiger charge is -1.85. The zero-order valence-corrected chi connectivity index (χ0v) is 6.80. The van der Waals surface area contributed by atoms with Gasteiger partial charge in [0.25, 0.3) is 5.70 Å². The maximum Gasteiger partial charge on any atom is 0.262 e. The Morgan fingerprint density at radius 1 is 1.50 bits per heavy atom. The van der Waals surface area contributed by atoms with Crippen molar-refractivity contribution in [1.29, 1.82) is 0 Å². The molecular formula is C6H6BrNO2. The predicted octanol–water partition coefficient (Wildman–Crippen LogP) is 2.24. The van der Waals surface area contributed by atoms with E-state index in [2.05, 4.69) is 29.1 Å². The lowest BCUT2D eigenvalue weighted by atomic mass is 10.4. The zero-order chi connectivity index (χ0) is 8.15. The molecule has 0 atom stereocenters. The Morgan fingerprint density at radius 2 is 2.00 bits per heavy atom. The van der Waals surface area contributed by atoms with Gasteiger partial charge in [0.05, 0.1) is 4.92 Å². The molecule has 0 heterocycles. The van der Waals surface area contributed by atoms with Gasteiger partial charge in [-0.3, -0.25) is 10.1 Å². The van der Waals surface area contributed by atoms with Crippen LogP contribution >= 0.6 is 15.9 Å². The molecule has 0 spiro atoms. The SMILES string of the molecule is C=C(Br)/C=C\C(=C)[N+](=O)[O-]. The number of nitrogens with zero attached hydrogens (tertiary/aromatic N) is 1. The van der Waals surface area contributed by atoms with E-state index in [0.29, 0.717) is 4.48 Å². The first-order chi connectivity index (χ1) is 4.54. The first-order valence-corrected chi connectivity index (χ1v) is 3.19. The summed E-state index contributed by atoms with van der Waals surface area (Å²) in [4.78, 5) is 9.36. The van der Waals surface area contributed by atoms with Crippen molar-refractivity contribution in [3.63, 3.8) is 0 Å². The van der Waals surface area contributed by atoms with Crippen LogP contribution in [0.15, 0.2) is 35.5 Å². The van der Waals surface area contributed by atoms with Crippen LogP contribution in [0, 0.1) is 10.1 Å². The predicted molar refractivity (Wildman–Crippen MR) is 43.3 cm³/mol. The van der Waals surface area contributed by atoms with E-state index >= 15 is 0 Å². The van der Waals surface area contributed by atoms with Gasteiger partial charge in [-0.25, -0.2) is 0 Å². The molecule has 0 aliphatic rings. The number of nitro groups is 1. The normalized spacial score (nSPS) is 9.70. The monoisotopic (exact) mass is 203 g/mol. The van der Waals surface area contributed by atoms with Crippen LogP contribution in [0.1, 0.15) is 0 Å². The van der Waals surface area contributed by atoms with Gasteiger partial charge < -0.3 is 0 Å². The van der Waals surface area contributed by atoms with Crippen LogP contribution in [-0.2, 0) is 0 Å². The molecule has 0 aliphatic heterocycles. The highest BCUT2D eigenvalue weighted by Gasteiger charge is 1.98. The molecule has 0 saturated carbocycles. The third-order valence-electron chi connectivity index (χ3n) is 0.691. The molecule has 10 heavy (non-hydrogen) atoms. The molecule has 0 aromatic heterocycles. The molecule has 0 N–H and O–H groups in total. The smallest absolute Gasteiger partial charge is 0.258 e. The molecule has 4 heteroatoms. The van der Waals surface area contributed by atoms with Crippen molar-refractivity contribution in [2.24, 2.45) is 0 Å². The van der Waals surface area contributed by atoms with Crippen LogP contribution in [0.4, 0.5) is 0 Å². The third kappa shape index (κ3) is 4.03. The first-order valence-electron chi connectivity index (χ1n) is 2.40. The molecule has 0 unspecified atom stereocenters. The molecule has 3 nitrogen and oxygen atoms in total. The van der Waals surface area contributed by atoms with Gasteiger partial charge in [-0.05, 0) is 12.7 Å². The minimum Gasteiger partial charge on any atom is -0.258 e. The Kier molecular flexibility index (Phi) is 3.64. The van der Waals surface area contributed by atoms with Crippen LogP contribution < -0.4 is 0 Å². The number of allylic oxidation sites excluding steroid dienone is 3. The minimum atomic E-state index is -0.563. The molecule has 0 radical (unpaired) electrons. The van der Waals surface area contributed by atoms with E-state index in [1.54, 1.807) is 0 Å². The summed E-state index contributed by atoms with van der Waals surface area (Å²) in [6.07, 6.45) is 2.74. The van der Waals surface area contributed by atoms with Crippen molar-refractivity contribution < 1.29 is 4.92 Å². The Balaban J connectivity index is 4.03. The lowest BCUT2D eigenvalue weighted by molar-refractivity contribution is -0.418. The molecule has 0 aliphatic carbocycles. The van der Waals surface area contributed by atoms with Gasteiger partial charge in [0.2, 0.25) is 0 Å². The number of rotatable bonds is 3. The first kappa shape index (κ1) is 9.10. The molecule has 0 fully saturated rings. The van der Waals surface area contributed by atoms with Crippen molar-refractivity contribution in [2.75, 3.05) is 0 Å². The second-order valence-corrected chi connectivity index (χ2v) is 2.55. The fourth-order valence-corrected chi connectivity index (χ4v) is 0.380. The molecule has 0 saturated heterocycles. The average Bonchev–Trinajstić information content (AvgIpc) is 1.82. The van der Waals surface area contributed by atoms with Gasteiger partial charge in [0.1, 0.15) is 0 Å². The van der Waals surface area contributed by atoms with E-state index < -0.39 is 4.92 Å². The molecule has 0 aromatic rings. The lowest BCUT2D eigenvalue weighted by Crippen LogP contribution is -1.91. The van der Waals surface area contributed by atoms with Crippen LogP contribution in [0.25, 0.3) is 0 Å². The summed E-state index contributed by atoms with van der Waals surface area (Å²) in [7, 11) is 0. The van der Waals surface area contributed by atoms with E-state index in [1.165, 1.54) is 12.2 Å². The summed E-state index contributed by atoms with van der Waals surface area (Å²) in [6.45, 7) is 6.63. The average molecular weight is 204 g/mol. The summed E-state index contributed by atoms with van der Waals surface area (Å²) in [6, 6.07) is 0. The second-order valence-electron chi connectivity index (χ2n) is 1.53. The van der Waals surface area contributed by atoms with Crippen molar-refractivity contribution >= 4 is 15.9 Å². The van der Waals surface area contributed by atoms with E-state index in [0.717, 1.165) is 0 Å². The summed E-state index contributed by atoms with van der Waals surface area (Å²) in [5.41, 5.74) is -0.152. The second kappa shape index (κ2) is 4.00. The summed E-state index contributed by atoms with van der Waals surface area (Å²) in [5, 5.41) is 9.92. The van der Waals surface area contributed by atoms with Crippen LogP contribution in [0.5, 0.6) is 0 Å². The Bertz CT molecular complexity index is 208. The molecule has 0 rings (SSSR count). The van der Waals surface area contributed by atoms with E-state index in [1.807, 2.05) is 0 Å². The Morgan fingerprint density at radius 3 is 2.30 bits per heavy atom. The summed E-state index contributed by atoms with van der Waals surface area (Å²) >= 11 is 3.01. The summed E-state index contributed by atoms with van der Waals surface area (Å²) in [5.74, 6) is 0. The summed E-state index contributed by atoms with van der Waals surface area (Å²) < 4.78 is 0.579. The fraction of sp³-hybridized carbons (Fsp3) is 0. The third-order valence-corrected chi connectivity index (χ3v) is 0.955. The van der Waals surface area contributed by atoms with Gasteiger partial charge in [0, 0.05) is 10.6 Å². The van der Waals surface area contributed by atoms with Crippen molar-refractivity contribution in [3.05, 3.63) is 45.6 Å². The maximum atomic E-state index is 9.92. The van der Waals surface area contributed by atoms with E-state index in [4.69, 9.17) is 0 Å². The molecule has 0 amide bonds. The largest absolute Gasteiger partial charge is 0.262 e. The Labute approximate surface area is 67.0 Å². The molecule has 0 bridgehead atoms. The van der Waals surface area contributed by atoms with Crippen LogP contribution in [-0.4, -0.2) is 4.92 Å². The van der Waals surface area contributed by atoms with Crippen molar-refractivity contribution in [3.8, 4) is 0 Å².